The molecule has 1 amide bonds. The summed E-state index contributed by atoms with van der Waals surface area (Å²) in [6, 6.07) is 16.6. The van der Waals surface area contributed by atoms with Gasteiger partial charge in [0.05, 0.1) is 19.8 Å². The summed E-state index contributed by atoms with van der Waals surface area (Å²) < 4.78 is 22.1. The third-order valence-corrected chi connectivity index (χ3v) is 5.53. The summed E-state index contributed by atoms with van der Waals surface area (Å²) in [5.41, 5.74) is 4.85. The van der Waals surface area contributed by atoms with Crippen molar-refractivity contribution < 1.29 is 23.7 Å². The molecule has 1 atom stereocenters. The van der Waals surface area contributed by atoms with Gasteiger partial charge in [-0.1, -0.05) is 48.5 Å². The predicted molar refractivity (Wildman–Crippen MR) is 113 cm³/mol. The Bertz CT molecular complexity index is 788. The van der Waals surface area contributed by atoms with Crippen molar-refractivity contribution in [1.82, 2.24) is 5.32 Å². The Kier molecular flexibility index (Phi) is 7.34. The van der Waals surface area contributed by atoms with Crippen LogP contribution in [-0.4, -0.2) is 52.0 Å². The van der Waals surface area contributed by atoms with Crippen molar-refractivity contribution in [3.63, 3.8) is 0 Å². The summed E-state index contributed by atoms with van der Waals surface area (Å²) in [5, 5.41) is 2.74. The van der Waals surface area contributed by atoms with Crippen LogP contribution in [0.15, 0.2) is 48.5 Å². The van der Waals surface area contributed by atoms with Crippen LogP contribution in [0.2, 0.25) is 0 Å². The van der Waals surface area contributed by atoms with E-state index in [-0.39, 0.29) is 12.2 Å². The van der Waals surface area contributed by atoms with E-state index in [9.17, 15) is 4.79 Å². The predicted octanol–water partition coefficient (Wildman–Crippen LogP) is 4.08. The molecule has 2 aromatic carbocycles. The van der Waals surface area contributed by atoms with E-state index in [4.69, 9.17) is 18.9 Å². The second-order valence-corrected chi connectivity index (χ2v) is 7.53. The molecule has 1 heterocycles. The van der Waals surface area contributed by atoms with Crippen molar-refractivity contribution in [1.29, 1.82) is 0 Å². The topological polar surface area (TPSA) is 66.0 Å². The summed E-state index contributed by atoms with van der Waals surface area (Å²) in [7, 11) is 0. The van der Waals surface area contributed by atoms with Gasteiger partial charge >= 0.3 is 6.09 Å². The molecule has 30 heavy (non-hydrogen) atoms. The fourth-order valence-corrected chi connectivity index (χ4v) is 4.06. The average Bonchev–Trinajstić information content (AvgIpc) is 3.11. The molecule has 0 aromatic heterocycles. The first-order valence-corrected chi connectivity index (χ1v) is 10.7. The first-order valence-electron chi connectivity index (χ1n) is 10.7. The average molecular weight is 411 g/mol. The molecule has 0 spiro atoms. The molecule has 1 N–H and O–H groups in total. The number of amides is 1. The minimum absolute atomic E-state index is 0.0681. The van der Waals surface area contributed by atoms with E-state index < -0.39 is 6.09 Å². The van der Waals surface area contributed by atoms with E-state index in [0.29, 0.717) is 33.0 Å². The van der Waals surface area contributed by atoms with E-state index in [1.54, 1.807) is 0 Å². The van der Waals surface area contributed by atoms with Gasteiger partial charge in [-0.25, -0.2) is 4.79 Å². The SMILES string of the molecule is O=C(NCCOCCOC1CCCCO1)OCC1c2ccccc2-c2ccccc21. The molecule has 1 fully saturated rings. The number of alkyl carbamates (subject to hydrolysis) is 1. The third kappa shape index (κ3) is 5.19. The van der Waals surface area contributed by atoms with Crippen LogP contribution in [0.5, 0.6) is 0 Å². The zero-order chi connectivity index (χ0) is 20.6. The van der Waals surface area contributed by atoms with Gasteiger partial charge in [0.1, 0.15) is 6.61 Å². The van der Waals surface area contributed by atoms with Gasteiger partial charge in [-0.2, -0.15) is 0 Å². The van der Waals surface area contributed by atoms with Crippen molar-refractivity contribution in [3.05, 3.63) is 59.7 Å². The molecule has 6 heteroatoms. The number of hydrogen-bond acceptors (Lipinski definition) is 5. The molecule has 1 aliphatic heterocycles. The second-order valence-electron chi connectivity index (χ2n) is 7.53. The molecule has 0 saturated carbocycles. The van der Waals surface area contributed by atoms with Gasteiger partial charge in [-0.15, -0.1) is 0 Å². The first-order chi connectivity index (χ1) is 14.8. The van der Waals surface area contributed by atoms with Crippen LogP contribution in [-0.2, 0) is 18.9 Å². The first kappa shape index (κ1) is 20.8. The number of hydrogen-bond donors (Lipinski definition) is 1. The largest absolute Gasteiger partial charge is 0.449 e. The molecule has 1 saturated heterocycles. The summed E-state index contributed by atoms with van der Waals surface area (Å²) in [4.78, 5) is 12.1. The molecule has 2 aromatic rings. The highest BCUT2D eigenvalue weighted by Gasteiger charge is 2.28. The second kappa shape index (κ2) is 10.6. The highest BCUT2D eigenvalue weighted by molar-refractivity contribution is 5.79. The monoisotopic (exact) mass is 411 g/mol. The zero-order valence-electron chi connectivity index (χ0n) is 17.2. The highest BCUT2D eigenvalue weighted by Crippen LogP contribution is 2.44. The van der Waals surface area contributed by atoms with E-state index >= 15 is 0 Å². The van der Waals surface area contributed by atoms with Crippen molar-refractivity contribution in [3.8, 4) is 11.1 Å². The Hall–Kier alpha value is -2.41. The molecule has 1 aliphatic carbocycles. The molecule has 0 radical (unpaired) electrons. The normalized spacial score (nSPS) is 17.9. The Morgan fingerprint density at radius 2 is 1.70 bits per heavy atom. The Balaban J connectivity index is 1.14. The number of fused-ring (bicyclic) bond motifs is 3. The van der Waals surface area contributed by atoms with Crippen molar-refractivity contribution >= 4 is 6.09 Å². The molecule has 4 rings (SSSR count). The Labute approximate surface area is 177 Å². The number of carbonyl (C=O) groups is 1. The van der Waals surface area contributed by atoms with Crippen LogP contribution < -0.4 is 5.32 Å². The Morgan fingerprint density at radius 3 is 2.40 bits per heavy atom. The summed E-state index contributed by atoms with van der Waals surface area (Å²) in [5.74, 6) is 0.0681. The van der Waals surface area contributed by atoms with Gasteiger partial charge < -0.3 is 24.3 Å². The van der Waals surface area contributed by atoms with E-state index in [1.807, 2.05) is 24.3 Å². The Morgan fingerprint density at radius 1 is 0.967 bits per heavy atom. The maximum atomic E-state index is 12.1. The molecular formula is C24H29NO5. The van der Waals surface area contributed by atoms with Crippen molar-refractivity contribution in [2.75, 3.05) is 39.6 Å². The summed E-state index contributed by atoms with van der Waals surface area (Å²) in [6.07, 6.45) is 2.69. The molecule has 0 bridgehead atoms. The molecular weight excluding hydrogens is 382 g/mol. The lowest BCUT2D eigenvalue weighted by Crippen LogP contribution is -2.29. The summed E-state index contributed by atoms with van der Waals surface area (Å²) >= 11 is 0. The van der Waals surface area contributed by atoms with Crippen molar-refractivity contribution in [2.45, 2.75) is 31.5 Å². The minimum Gasteiger partial charge on any atom is -0.449 e. The molecule has 160 valence electrons. The smallest absolute Gasteiger partial charge is 0.407 e. The lowest BCUT2D eigenvalue weighted by atomic mass is 9.98. The van der Waals surface area contributed by atoms with Gasteiger partial charge in [0, 0.05) is 19.1 Å². The minimum atomic E-state index is -0.424. The molecule has 2 aliphatic rings. The van der Waals surface area contributed by atoms with Gasteiger partial charge in [-0.05, 0) is 41.5 Å². The van der Waals surface area contributed by atoms with Gasteiger partial charge in [0.25, 0.3) is 0 Å². The van der Waals surface area contributed by atoms with Crippen LogP contribution in [0.4, 0.5) is 4.79 Å². The highest BCUT2D eigenvalue weighted by atomic mass is 16.7. The molecule has 1 unspecified atom stereocenters. The number of carbonyl (C=O) groups excluding carboxylic acids is 1. The number of rotatable bonds is 9. The van der Waals surface area contributed by atoms with Gasteiger partial charge in [-0.3, -0.25) is 0 Å². The van der Waals surface area contributed by atoms with E-state index in [1.165, 1.54) is 22.3 Å². The van der Waals surface area contributed by atoms with E-state index in [0.717, 1.165) is 25.9 Å². The van der Waals surface area contributed by atoms with Crippen LogP contribution >= 0.6 is 0 Å². The number of ether oxygens (including phenoxy) is 4. The lowest BCUT2D eigenvalue weighted by Gasteiger charge is -2.22. The maximum Gasteiger partial charge on any atom is 0.407 e. The van der Waals surface area contributed by atoms with Crippen LogP contribution in [0, 0.1) is 0 Å². The third-order valence-electron chi connectivity index (χ3n) is 5.53. The fraction of sp³-hybridized carbons (Fsp3) is 0.458. The zero-order valence-corrected chi connectivity index (χ0v) is 17.2. The summed E-state index contributed by atoms with van der Waals surface area (Å²) in [6.45, 7) is 2.88. The quantitative estimate of drug-likeness (QED) is 0.630. The van der Waals surface area contributed by atoms with Gasteiger partial charge in [0.15, 0.2) is 6.29 Å². The van der Waals surface area contributed by atoms with Crippen LogP contribution in [0.3, 0.4) is 0 Å². The van der Waals surface area contributed by atoms with Gasteiger partial charge in [0.2, 0.25) is 0 Å². The maximum absolute atomic E-state index is 12.1. The van der Waals surface area contributed by atoms with Crippen molar-refractivity contribution in [2.24, 2.45) is 0 Å². The number of benzene rings is 2. The fourth-order valence-electron chi connectivity index (χ4n) is 4.06. The van der Waals surface area contributed by atoms with Crippen LogP contribution in [0.25, 0.3) is 11.1 Å². The lowest BCUT2D eigenvalue weighted by molar-refractivity contribution is -0.168. The van der Waals surface area contributed by atoms with Crippen LogP contribution in [0.1, 0.15) is 36.3 Å². The standard InChI is InChI=1S/C24H29NO5/c26-24(25-12-14-27-15-16-29-23-11-5-6-13-28-23)30-17-22-20-9-3-1-7-18(20)19-8-2-4-10-21(19)22/h1-4,7-10,22-23H,5-6,11-17H2,(H,25,26). The number of nitrogens with one attached hydrogen (secondary N) is 1. The molecule has 6 nitrogen and oxygen atoms in total. The van der Waals surface area contributed by atoms with E-state index in [2.05, 4.69) is 29.6 Å².